The van der Waals surface area contributed by atoms with Crippen LogP contribution < -0.4 is 20.1 Å². The lowest BCUT2D eigenvalue weighted by Gasteiger charge is -2.24. The second-order valence-corrected chi connectivity index (χ2v) is 11.2. The maximum Gasteiger partial charge on any atom is 0.255 e. The number of ether oxygens (including phenoxy) is 2. The van der Waals surface area contributed by atoms with Gasteiger partial charge < -0.3 is 25.0 Å². The molecule has 8 nitrogen and oxygen atoms in total. The number of likely N-dealkylation sites (tertiary alicyclic amines) is 1. The van der Waals surface area contributed by atoms with E-state index < -0.39 is 0 Å². The average Bonchev–Trinajstić information content (AvgIpc) is 3.51. The molecule has 42 heavy (non-hydrogen) atoms. The first-order valence-electron chi connectivity index (χ1n) is 14.7. The van der Waals surface area contributed by atoms with Crippen molar-refractivity contribution in [3.8, 4) is 11.5 Å². The Bertz CT molecular complexity index is 1630. The number of anilines is 2. The molecule has 0 saturated carbocycles. The van der Waals surface area contributed by atoms with Crippen LogP contribution in [0.4, 0.5) is 11.4 Å². The van der Waals surface area contributed by atoms with Gasteiger partial charge in [-0.2, -0.15) is 0 Å². The number of hydrogen-bond donors (Lipinski definition) is 2. The fraction of sp³-hybridized carbons (Fsp3) is 0.324. The monoisotopic (exact) mass is 564 g/mol. The van der Waals surface area contributed by atoms with E-state index in [0.29, 0.717) is 40.6 Å². The summed E-state index contributed by atoms with van der Waals surface area (Å²) in [5, 5.41) is 7.01. The van der Waals surface area contributed by atoms with Gasteiger partial charge in [-0.3, -0.25) is 14.6 Å². The van der Waals surface area contributed by atoms with Crippen LogP contribution in [0.1, 0.15) is 58.2 Å². The van der Waals surface area contributed by atoms with Crippen LogP contribution in [0.25, 0.3) is 10.9 Å². The molecule has 4 aromatic rings. The van der Waals surface area contributed by atoms with Gasteiger partial charge in [-0.05, 0) is 119 Å². The summed E-state index contributed by atoms with van der Waals surface area (Å²) in [6, 6.07) is 20.4. The maximum atomic E-state index is 13.4. The zero-order chi connectivity index (χ0) is 29.1. The Balaban J connectivity index is 1.22. The number of nitrogens with one attached hydrogen (secondary N) is 2. The van der Waals surface area contributed by atoms with Crippen molar-refractivity contribution in [1.29, 1.82) is 0 Å². The van der Waals surface area contributed by atoms with E-state index in [4.69, 9.17) is 9.47 Å². The Morgan fingerprint density at radius 1 is 0.905 bits per heavy atom. The Kier molecular flexibility index (Phi) is 8.06. The second kappa shape index (κ2) is 12.2. The fourth-order valence-electron chi connectivity index (χ4n) is 5.57. The van der Waals surface area contributed by atoms with Crippen LogP contribution in [0, 0.1) is 6.92 Å². The molecule has 8 heteroatoms. The van der Waals surface area contributed by atoms with Crippen molar-refractivity contribution < 1.29 is 19.1 Å². The van der Waals surface area contributed by atoms with Crippen LogP contribution in [-0.4, -0.2) is 54.0 Å². The Morgan fingerprint density at radius 2 is 1.69 bits per heavy atom. The van der Waals surface area contributed by atoms with Crippen LogP contribution in [0.15, 0.2) is 66.7 Å². The van der Waals surface area contributed by atoms with Crippen molar-refractivity contribution in [2.45, 2.75) is 45.6 Å². The van der Waals surface area contributed by atoms with Crippen molar-refractivity contribution >= 4 is 34.1 Å². The SMILES string of the molecule is Cc1ccc2cc(C(=O)Nc3cc(NC(=O)c4ccc5c(c4)OC(C)CO5)ccc3CCCN3CCCC3)ccc2n1. The number of amides is 2. The molecule has 0 bridgehead atoms. The van der Waals surface area contributed by atoms with Gasteiger partial charge in [-0.15, -0.1) is 0 Å². The number of rotatable bonds is 8. The Hall–Kier alpha value is -4.43. The fourth-order valence-corrected chi connectivity index (χ4v) is 5.57. The Labute approximate surface area is 246 Å². The lowest BCUT2D eigenvalue weighted by molar-refractivity contribution is 0.0998. The van der Waals surface area contributed by atoms with E-state index in [-0.39, 0.29) is 17.9 Å². The zero-order valence-electron chi connectivity index (χ0n) is 24.1. The van der Waals surface area contributed by atoms with Crippen molar-refractivity contribution in [3.63, 3.8) is 0 Å². The molecule has 1 atom stereocenters. The van der Waals surface area contributed by atoms with Gasteiger partial charge in [0.25, 0.3) is 11.8 Å². The lowest BCUT2D eigenvalue weighted by Crippen LogP contribution is -2.26. The second-order valence-electron chi connectivity index (χ2n) is 11.2. The molecular weight excluding hydrogens is 528 g/mol. The van der Waals surface area contributed by atoms with Gasteiger partial charge >= 0.3 is 0 Å². The largest absolute Gasteiger partial charge is 0.486 e. The van der Waals surface area contributed by atoms with E-state index in [0.717, 1.165) is 54.6 Å². The molecule has 6 rings (SSSR count). The van der Waals surface area contributed by atoms with Crippen LogP contribution >= 0.6 is 0 Å². The van der Waals surface area contributed by atoms with Gasteiger partial charge in [0.15, 0.2) is 11.5 Å². The number of pyridine rings is 1. The van der Waals surface area contributed by atoms with Crippen LogP contribution in [-0.2, 0) is 6.42 Å². The summed E-state index contributed by atoms with van der Waals surface area (Å²) in [6.45, 7) is 7.70. The van der Waals surface area contributed by atoms with Crippen LogP contribution in [0.2, 0.25) is 0 Å². The van der Waals surface area contributed by atoms with Crippen molar-refractivity contribution in [2.24, 2.45) is 0 Å². The number of aryl methyl sites for hydroxylation is 2. The first kappa shape index (κ1) is 27.7. The van der Waals surface area contributed by atoms with Gasteiger partial charge in [-0.1, -0.05) is 12.1 Å². The molecule has 0 radical (unpaired) electrons. The van der Waals surface area contributed by atoms with Crippen molar-refractivity contribution in [1.82, 2.24) is 9.88 Å². The van der Waals surface area contributed by atoms with Crippen molar-refractivity contribution in [3.05, 3.63) is 89.1 Å². The standard InChI is InChI=1S/C34H36N4O4/c1-22-7-8-25-18-26(10-13-29(25)35-22)34(40)37-30-20-28(12-9-24(30)6-5-17-38-15-3-4-16-38)36-33(39)27-11-14-31-32(19-27)42-23(2)21-41-31/h7-14,18-20,23H,3-6,15-17,21H2,1-2H3,(H,36,39)(H,37,40). The van der Waals surface area contributed by atoms with Crippen molar-refractivity contribution in [2.75, 3.05) is 36.9 Å². The van der Waals surface area contributed by atoms with E-state index in [1.54, 1.807) is 24.3 Å². The highest BCUT2D eigenvalue weighted by Crippen LogP contribution is 2.33. The molecule has 2 aliphatic heterocycles. The number of hydrogen-bond acceptors (Lipinski definition) is 6. The van der Waals surface area contributed by atoms with E-state index >= 15 is 0 Å². The summed E-state index contributed by atoms with van der Waals surface area (Å²) in [6.07, 6.45) is 4.26. The molecule has 1 fully saturated rings. The summed E-state index contributed by atoms with van der Waals surface area (Å²) in [5.74, 6) is 0.717. The molecule has 3 heterocycles. The molecule has 1 aromatic heterocycles. The minimum atomic E-state index is -0.268. The topological polar surface area (TPSA) is 92.8 Å². The van der Waals surface area contributed by atoms with Gasteiger partial charge in [-0.25, -0.2) is 0 Å². The smallest absolute Gasteiger partial charge is 0.255 e. The number of benzene rings is 3. The molecule has 0 spiro atoms. The van der Waals surface area contributed by atoms with E-state index in [1.807, 2.05) is 56.3 Å². The highest BCUT2D eigenvalue weighted by Gasteiger charge is 2.20. The van der Waals surface area contributed by atoms with Crippen LogP contribution in [0.3, 0.4) is 0 Å². The van der Waals surface area contributed by atoms with Gasteiger partial charge in [0.05, 0.1) is 5.52 Å². The molecule has 0 aliphatic carbocycles. The first-order valence-corrected chi connectivity index (χ1v) is 14.7. The predicted molar refractivity (Wildman–Crippen MR) is 165 cm³/mol. The lowest BCUT2D eigenvalue weighted by atomic mass is 10.0. The molecule has 1 saturated heterocycles. The number of carbonyl (C=O) groups excluding carboxylic acids is 2. The molecule has 2 aliphatic rings. The quantitative estimate of drug-likeness (QED) is 0.263. The normalized spacial score (nSPS) is 16.4. The number of carbonyl (C=O) groups is 2. The summed E-state index contributed by atoms with van der Waals surface area (Å²) >= 11 is 0. The molecule has 3 aromatic carbocycles. The minimum absolute atomic E-state index is 0.0806. The molecule has 2 N–H and O–H groups in total. The molecular formula is C34H36N4O4. The molecule has 1 unspecified atom stereocenters. The third-order valence-electron chi connectivity index (χ3n) is 7.83. The maximum absolute atomic E-state index is 13.4. The van der Waals surface area contributed by atoms with Crippen LogP contribution in [0.5, 0.6) is 11.5 Å². The van der Waals surface area contributed by atoms with E-state index in [2.05, 4.69) is 20.5 Å². The zero-order valence-corrected chi connectivity index (χ0v) is 24.1. The number of nitrogens with zero attached hydrogens (tertiary/aromatic N) is 2. The molecule has 2 amide bonds. The molecule has 216 valence electrons. The predicted octanol–water partition coefficient (Wildman–Crippen LogP) is 6.24. The summed E-state index contributed by atoms with van der Waals surface area (Å²) in [5.41, 5.74) is 5.13. The van der Waals surface area contributed by atoms with Gasteiger partial charge in [0, 0.05) is 33.6 Å². The van der Waals surface area contributed by atoms with E-state index in [9.17, 15) is 9.59 Å². The third-order valence-corrected chi connectivity index (χ3v) is 7.83. The highest BCUT2D eigenvalue weighted by atomic mass is 16.6. The third kappa shape index (κ3) is 6.39. The minimum Gasteiger partial charge on any atom is -0.486 e. The Morgan fingerprint density at radius 3 is 2.55 bits per heavy atom. The summed E-state index contributed by atoms with van der Waals surface area (Å²) in [7, 11) is 0. The first-order chi connectivity index (χ1) is 20.4. The average molecular weight is 565 g/mol. The number of aromatic nitrogens is 1. The summed E-state index contributed by atoms with van der Waals surface area (Å²) in [4.78, 5) is 33.6. The van der Waals surface area contributed by atoms with Gasteiger partial charge in [0.2, 0.25) is 0 Å². The van der Waals surface area contributed by atoms with Gasteiger partial charge in [0.1, 0.15) is 12.7 Å². The summed E-state index contributed by atoms with van der Waals surface area (Å²) < 4.78 is 11.5. The number of fused-ring (bicyclic) bond motifs is 2. The van der Waals surface area contributed by atoms with E-state index in [1.165, 1.54) is 12.8 Å². The highest BCUT2D eigenvalue weighted by molar-refractivity contribution is 6.08.